The van der Waals surface area contributed by atoms with Crippen LogP contribution in [0.1, 0.15) is 42.0 Å². The number of hydrogen-bond donors (Lipinski definition) is 2. The molecule has 2 rings (SSSR count). The molecule has 2 heterocycles. The van der Waals surface area contributed by atoms with E-state index in [1.54, 1.807) is 28.2 Å². The molecule has 0 aliphatic rings. The molecule has 0 spiro atoms. The van der Waals surface area contributed by atoms with E-state index in [0.717, 1.165) is 21.3 Å². The lowest BCUT2D eigenvalue weighted by Crippen LogP contribution is -2.34. The number of rotatable bonds is 4. The minimum Gasteiger partial charge on any atom is -0.333 e. The summed E-state index contributed by atoms with van der Waals surface area (Å²) >= 11 is 3.18. The van der Waals surface area contributed by atoms with Crippen LogP contribution in [0.5, 0.6) is 0 Å². The van der Waals surface area contributed by atoms with Gasteiger partial charge in [0.2, 0.25) is 0 Å². The van der Waals surface area contributed by atoms with E-state index in [1.807, 2.05) is 12.3 Å². The van der Waals surface area contributed by atoms with Crippen molar-refractivity contribution in [1.29, 1.82) is 0 Å². The number of carbonyl (C=O) groups is 1. The Morgan fingerprint density at radius 2 is 1.95 bits per heavy atom. The van der Waals surface area contributed by atoms with Crippen LogP contribution in [0.2, 0.25) is 0 Å². The van der Waals surface area contributed by atoms with Gasteiger partial charge in [-0.25, -0.2) is 14.8 Å². The zero-order valence-electron chi connectivity index (χ0n) is 12.7. The molecule has 114 valence electrons. The first-order chi connectivity index (χ1) is 9.86. The van der Waals surface area contributed by atoms with E-state index in [-0.39, 0.29) is 11.4 Å². The van der Waals surface area contributed by atoms with Crippen molar-refractivity contribution in [3.63, 3.8) is 0 Å². The van der Waals surface area contributed by atoms with Gasteiger partial charge < -0.3 is 10.6 Å². The van der Waals surface area contributed by atoms with E-state index in [9.17, 15) is 4.79 Å². The number of nitrogens with zero attached hydrogens (tertiary/aromatic N) is 2. The summed E-state index contributed by atoms with van der Waals surface area (Å²) in [5.41, 5.74) is 3.70. The average Bonchev–Trinajstić information content (AvgIpc) is 3.02. The van der Waals surface area contributed by atoms with Crippen molar-refractivity contribution in [3.05, 3.63) is 32.2 Å². The van der Waals surface area contributed by atoms with Crippen LogP contribution in [0.25, 0.3) is 0 Å². The Kier molecular flexibility index (Phi) is 4.95. The second-order valence-corrected chi connectivity index (χ2v) is 7.59. The SMILES string of the molecule is Cc1ncsc1CNC(=O)NCc1csc(C(C)(C)C)n1. The number of hydrogen-bond acceptors (Lipinski definition) is 5. The van der Waals surface area contributed by atoms with Gasteiger partial charge in [-0.2, -0.15) is 0 Å². The van der Waals surface area contributed by atoms with Crippen LogP contribution in [-0.2, 0) is 18.5 Å². The summed E-state index contributed by atoms with van der Waals surface area (Å²) in [6, 6.07) is -0.187. The fourth-order valence-electron chi connectivity index (χ4n) is 1.62. The molecule has 2 N–H and O–H groups in total. The summed E-state index contributed by atoms with van der Waals surface area (Å²) in [5.74, 6) is 0. The minimum atomic E-state index is -0.187. The van der Waals surface area contributed by atoms with Crippen molar-refractivity contribution in [3.8, 4) is 0 Å². The van der Waals surface area contributed by atoms with Crippen LogP contribution in [0, 0.1) is 6.92 Å². The van der Waals surface area contributed by atoms with E-state index in [2.05, 4.69) is 41.4 Å². The molecule has 0 aromatic carbocycles. The number of carbonyl (C=O) groups excluding carboxylic acids is 1. The number of thiazole rings is 2. The molecule has 5 nitrogen and oxygen atoms in total. The molecule has 2 aromatic rings. The van der Waals surface area contributed by atoms with Crippen LogP contribution in [0.4, 0.5) is 4.79 Å². The molecule has 0 fully saturated rings. The van der Waals surface area contributed by atoms with Crippen molar-refractivity contribution >= 4 is 28.7 Å². The molecule has 0 atom stereocenters. The molecule has 0 saturated heterocycles. The number of nitrogens with one attached hydrogen (secondary N) is 2. The van der Waals surface area contributed by atoms with Gasteiger partial charge in [0.15, 0.2) is 0 Å². The maximum atomic E-state index is 11.8. The van der Waals surface area contributed by atoms with Crippen LogP contribution >= 0.6 is 22.7 Å². The van der Waals surface area contributed by atoms with Crippen LogP contribution in [0.3, 0.4) is 0 Å². The smallest absolute Gasteiger partial charge is 0.315 e. The summed E-state index contributed by atoms with van der Waals surface area (Å²) in [4.78, 5) is 21.5. The van der Waals surface area contributed by atoms with Crippen molar-refractivity contribution in [2.45, 2.75) is 46.2 Å². The lowest BCUT2D eigenvalue weighted by Gasteiger charge is -2.13. The van der Waals surface area contributed by atoms with Gasteiger partial charge in [0, 0.05) is 15.7 Å². The first kappa shape index (κ1) is 15.9. The highest BCUT2D eigenvalue weighted by Gasteiger charge is 2.18. The Bertz CT molecular complexity index is 613. The average molecular weight is 324 g/mol. The van der Waals surface area contributed by atoms with Crippen LogP contribution < -0.4 is 10.6 Å². The van der Waals surface area contributed by atoms with E-state index in [0.29, 0.717) is 13.1 Å². The number of aromatic nitrogens is 2. The third-order valence-corrected chi connectivity index (χ3v) is 5.13. The Morgan fingerprint density at radius 1 is 1.24 bits per heavy atom. The number of aryl methyl sites for hydroxylation is 1. The van der Waals surface area contributed by atoms with E-state index < -0.39 is 0 Å². The molecule has 0 aliphatic carbocycles. The highest BCUT2D eigenvalue weighted by molar-refractivity contribution is 7.10. The first-order valence-electron chi connectivity index (χ1n) is 6.72. The van der Waals surface area contributed by atoms with Crippen molar-refractivity contribution in [1.82, 2.24) is 20.6 Å². The normalized spacial score (nSPS) is 11.4. The van der Waals surface area contributed by atoms with Crippen molar-refractivity contribution < 1.29 is 4.79 Å². The summed E-state index contributed by atoms with van der Waals surface area (Å²) < 4.78 is 0. The van der Waals surface area contributed by atoms with Gasteiger partial charge in [0.05, 0.1) is 35.0 Å². The predicted molar refractivity (Wildman–Crippen MR) is 86.7 cm³/mol. The predicted octanol–water partition coefficient (Wildman–Crippen LogP) is 3.20. The van der Waals surface area contributed by atoms with Crippen LogP contribution in [-0.4, -0.2) is 16.0 Å². The summed E-state index contributed by atoms with van der Waals surface area (Å²) in [6.07, 6.45) is 0. The molecule has 0 bridgehead atoms. The molecular formula is C14H20N4OS2. The maximum absolute atomic E-state index is 11.8. The first-order valence-corrected chi connectivity index (χ1v) is 8.47. The van der Waals surface area contributed by atoms with Gasteiger partial charge >= 0.3 is 6.03 Å². The molecule has 0 saturated carbocycles. The molecule has 2 amide bonds. The number of amides is 2. The van der Waals surface area contributed by atoms with E-state index in [1.165, 1.54) is 0 Å². The van der Waals surface area contributed by atoms with Gasteiger partial charge in [0.1, 0.15) is 0 Å². The minimum absolute atomic E-state index is 0.0505. The molecule has 0 aliphatic heterocycles. The maximum Gasteiger partial charge on any atom is 0.315 e. The third kappa shape index (κ3) is 4.50. The van der Waals surface area contributed by atoms with Crippen molar-refractivity contribution in [2.24, 2.45) is 0 Å². The van der Waals surface area contributed by atoms with E-state index in [4.69, 9.17) is 0 Å². The number of urea groups is 1. The summed E-state index contributed by atoms with van der Waals surface area (Å²) in [5, 5.41) is 8.73. The lowest BCUT2D eigenvalue weighted by atomic mass is 9.98. The molecule has 7 heteroatoms. The van der Waals surface area contributed by atoms with Gasteiger partial charge in [-0.1, -0.05) is 20.8 Å². The van der Waals surface area contributed by atoms with Gasteiger partial charge in [-0.3, -0.25) is 0 Å². The zero-order valence-corrected chi connectivity index (χ0v) is 14.3. The summed E-state index contributed by atoms with van der Waals surface area (Å²) in [6.45, 7) is 9.29. The quantitative estimate of drug-likeness (QED) is 0.907. The van der Waals surface area contributed by atoms with Gasteiger partial charge in [-0.05, 0) is 6.92 Å². The second-order valence-electron chi connectivity index (χ2n) is 5.79. The Labute approximate surface area is 132 Å². The van der Waals surface area contributed by atoms with Crippen molar-refractivity contribution in [2.75, 3.05) is 0 Å². The van der Waals surface area contributed by atoms with Crippen LogP contribution in [0.15, 0.2) is 10.9 Å². The molecular weight excluding hydrogens is 304 g/mol. The topological polar surface area (TPSA) is 66.9 Å². The monoisotopic (exact) mass is 324 g/mol. The van der Waals surface area contributed by atoms with Gasteiger partial charge in [-0.15, -0.1) is 22.7 Å². The standard InChI is InChI=1S/C14H20N4OS2/c1-9-11(21-8-17-9)6-16-13(19)15-5-10-7-20-12(18-10)14(2,3)4/h7-8H,5-6H2,1-4H3,(H2,15,16,19). The Hall–Kier alpha value is -1.47. The van der Waals surface area contributed by atoms with E-state index >= 15 is 0 Å². The second kappa shape index (κ2) is 6.53. The largest absolute Gasteiger partial charge is 0.333 e. The Morgan fingerprint density at radius 3 is 2.52 bits per heavy atom. The highest BCUT2D eigenvalue weighted by Crippen LogP contribution is 2.25. The fourth-order valence-corrected chi connectivity index (χ4v) is 3.25. The fraction of sp³-hybridized carbons (Fsp3) is 0.500. The lowest BCUT2D eigenvalue weighted by molar-refractivity contribution is 0.240. The molecule has 21 heavy (non-hydrogen) atoms. The van der Waals surface area contributed by atoms with Gasteiger partial charge in [0.25, 0.3) is 0 Å². The highest BCUT2D eigenvalue weighted by atomic mass is 32.1. The molecule has 0 radical (unpaired) electrons. The third-order valence-electron chi connectivity index (χ3n) is 2.88. The molecule has 0 unspecified atom stereocenters. The Balaban J connectivity index is 1.79. The summed E-state index contributed by atoms with van der Waals surface area (Å²) in [7, 11) is 0. The molecule has 2 aromatic heterocycles. The zero-order chi connectivity index (χ0) is 15.5.